The number of anilines is 1. The number of aromatic nitrogens is 2. The van der Waals surface area contributed by atoms with E-state index < -0.39 is 22.1 Å². The number of hydrogen-bond acceptors (Lipinski definition) is 6. The SMILES string of the molecule is Cc1cc(C)nc(NNS(=O)(=O)c2ccc(OC(F)(F)F)cc2)n1. The van der Waals surface area contributed by atoms with Crippen molar-refractivity contribution in [3.8, 4) is 5.75 Å². The van der Waals surface area contributed by atoms with E-state index in [2.05, 4.69) is 20.1 Å². The van der Waals surface area contributed by atoms with Crippen LogP contribution in [0.25, 0.3) is 0 Å². The fourth-order valence-electron chi connectivity index (χ4n) is 1.77. The van der Waals surface area contributed by atoms with Crippen LogP contribution in [0, 0.1) is 13.8 Å². The molecule has 0 saturated heterocycles. The Morgan fingerprint density at radius 2 is 1.58 bits per heavy atom. The summed E-state index contributed by atoms with van der Waals surface area (Å²) in [6.07, 6.45) is -4.85. The molecule has 1 aromatic heterocycles. The van der Waals surface area contributed by atoms with E-state index in [1.54, 1.807) is 19.9 Å². The molecule has 0 amide bonds. The van der Waals surface area contributed by atoms with Crippen molar-refractivity contribution in [1.82, 2.24) is 14.8 Å². The number of sulfonamides is 1. The minimum absolute atomic E-state index is 0.0492. The molecule has 2 aromatic rings. The zero-order chi connectivity index (χ0) is 18.0. The lowest BCUT2D eigenvalue weighted by atomic mass is 10.3. The maximum atomic E-state index is 12.1. The van der Waals surface area contributed by atoms with Gasteiger partial charge in [0, 0.05) is 11.4 Å². The number of aryl methyl sites for hydroxylation is 2. The highest BCUT2D eigenvalue weighted by Gasteiger charge is 2.31. The maximum absolute atomic E-state index is 12.1. The summed E-state index contributed by atoms with van der Waals surface area (Å²) in [6.45, 7) is 3.43. The first-order chi connectivity index (χ1) is 11.0. The van der Waals surface area contributed by atoms with Crippen molar-refractivity contribution in [2.45, 2.75) is 25.1 Å². The van der Waals surface area contributed by atoms with Gasteiger partial charge in [-0.05, 0) is 44.2 Å². The second-order valence-electron chi connectivity index (χ2n) is 4.72. The van der Waals surface area contributed by atoms with E-state index in [-0.39, 0.29) is 10.8 Å². The second-order valence-corrected chi connectivity index (χ2v) is 6.41. The molecule has 11 heteroatoms. The molecule has 0 bridgehead atoms. The monoisotopic (exact) mass is 362 g/mol. The predicted octanol–water partition coefficient (Wildman–Crippen LogP) is 2.30. The Morgan fingerprint density at radius 1 is 1.04 bits per heavy atom. The van der Waals surface area contributed by atoms with Gasteiger partial charge >= 0.3 is 6.36 Å². The number of hydrogen-bond donors (Lipinski definition) is 2. The van der Waals surface area contributed by atoms with Crippen molar-refractivity contribution in [2.75, 3.05) is 5.43 Å². The first kappa shape index (κ1) is 17.9. The lowest BCUT2D eigenvalue weighted by Gasteiger charge is -2.11. The fourth-order valence-corrected chi connectivity index (χ4v) is 2.61. The molecule has 130 valence electrons. The van der Waals surface area contributed by atoms with Crippen LogP contribution in [0.4, 0.5) is 19.1 Å². The molecule has 0 fully saturated rings. The van der Waals surface area contributed by atoms with Crippen LogP contribution in [0.15, 0.2) is 35.2 Å². The van der Waals surface area contributed by atoms with Crippen LogP contribution in [0.3, 0.4) is 0 Å². The van der Waals surface area contributed by atoms with Gasteiger partial charge in [-0.15, -0.1) is 18.0 Å². The van der Waals surface area contributed by atoms with Gasteiger partial charge in [0.15, 0.2) is 0 Å². The highest BCUT2D eigenvalue weighted by Crippen LogP contribution is 2.23. The molecular formula is C13H13F3N4O3S. The van der Waals surface area contributed by atoms with Crippen LogP contribution in [0.5, 0.6) is 5.75 Å². The summed E-state index contributed by atoms with van der Waals surface area (Å²) >= 11 is 0. The normalized spacial score (nSPS) is 12.0. The molecular weight excluding hydrogens is 349 g/mol. The average molecular weight is 362 g/mol. The van der Waals surface area contributed by atoms with Gasteiger partial charge in [-0.3, -0.25) is 5.43 Å². The van der Waals surface area contributed by atoms with Crippen LogP contribution in [0.2, 0.25) is 0 Å². The predicted molar refractivity (Wildman–Crippen MR) is 78.6 cm³/mol. The lowest BCUT2D eigenvalue weighted by molar-refractivity contribution is -0.274. The molecule has 0 aliphatic carbocycles. The van der Waals surface area contributed by atoms with Crippen molar-refractivity contribution >= 4 is 16.0 Å². The van der Waals surface area contributed by atoms with E-state index in [1.165, 1.54) is 0 Å². The maximum Gasteiger partial charge on any atom is 0.573 e. The lowest BCUT2D eigenvalue weighted by Crippen LogP contribution is -2.30. The van der Waals surface area contributed by atoms with E-state index in [0.29, 0.717) is 11.4 Å². The Kier molecular flexibility index (Phi) is 4.94. The van der Waals surface area contributed by atoms with Gasteiger partial charge in [0.2, 0.25) is 5.95 Å². The van der Waals surface area contributed by atoms with Gasteiger partial charge < -0.3 is 4.74 Å². The Labute approximate surface area is 135 Å². The molecule has 0 atom stereocenters. The van der Waals surface area contributed by atoms with E-state index in [9.17, 15) is 21.6 Å². The molecule has 0 radical (unpaired) electrons. The number of rotatable bonds is 5. The van der Waals surface area contributed by atoms with E-state index >= 15 is 0 Å². The van der Waals surface area contributed by atoms with Crippen molar-refractivity contribution in [1.29, 1.82) is 0 Å². The quantitative estimate of drug-likeness (QED) is 0.793. The highest BCUT2D eigenvalue weighted by molar-refractivity contribution is 7.89. The van der Waals surface area contributed by atoms with Crippen LogP contribution < -0.4 is 15.0 Å². The number of halogens is 3. The molecule has 2 rings (SSSR count). The van der Waals surface area contributed by atoms with Crippen molar-refractivity contribution in [3.05, 3.63) is 41.7 Å². The van der Waals surface area contributed by atoms with Gasteiger partial charge in [0.05, 0.1) is 4.90 Å². The summed E-state index contributed by atoms with van der Waals surface area (Å²) in [7, 11) is -4.02. The summed E-state index contributed by atoms with van der Waals surface area (Å²) in [4.78, 5) is 9.77. The zero-order valence-electron chi connectivity index (χ0n) is 12.5. The molecule has 2 N–H and O–H groups in total. The largest absolute Gasteiger partial charge is 0.573 e. The average Bonchev–Trinajstić information content (AvgIpc) is 2.43. The fraction of sp³-hybridized carbons (Fsp3) is 0.231. The van der Waals surface area contributed by atoms with Crippen molar-refractivity contribution in [2.24, 2.45) is 0 Å². The van der Waals surface area contributed by atoms with E-state index in [1.807, 2.05) is 4.83 Å². The Balaban J connectivity index is 2.09. The first-order valence-electron chi connectivity index (χ1n) is 6.51. The van der Waals surface area contributed by atoms with Crippen LogP contribution >= 0.6 is 0 Å². The van der Waals surface area contributed by atoms with Gasteiger partial charge in [-0.2, -0.15) is 0 Å². The van der Waals surface area contributed by atoms with Crippen molar-refractivity contribution in [3.63, 3.8) is 0 Å². The van der Waals surface area contributed by atoms with Gasteiger partial charge in [-0.1, -0.05) is 0 Å². The third kappa shape index (κ3) is 5.06. The Bertz CT molecular complexity index is 803. The number of benzene rings is 1. The Hall–Kier alpha value is -2.40. The molecule has 24 heavy (non-hydrogen) atoms. The van der Waals surface area contributed by atoms with Crippen LogP contribution in [-0.2, 0) is 10.0 Å². The molecule has 1 heterocycles. The summed E-state index contributed by atoms with van der Waals surface area (Å²) in [5.41, 5.74) is 3.62. The van der Waals surface area contributed by atoms with Gasteiger partial charge in [0.25, 0.3) is 10.0 Å². The van der Waals surface area contributed by atoms with Gasteiger partial charge in [-0.25, -0.2) is 18.4 Å². The number of nitrogens with one attached hydrogen (secondary N) is 2. The smallest absolute Gasteiger partial charge is 0.406 e. The molecule has 7 nitrogen and oxygen atoms in total. The third-order valence-electron chi connectivity index (χ3n) is 2.65. The molecule has 1 aromatic carbocycles. The molecule has 0 spiro atoms. The Morgan fingerprint density at radius 3 is 2.08 bits per heavy atom. The number of nitrogens with zero attached hydrogens (tertiary/aromatic N) is 2. The molecule has 0 aliphatic rings. The summed E-state index contributed by atoms with van der Waals surface area (Å²) < 4.78 is 64.1. The molecule has 0 saturated carbocycles. The van der Waals surface area contributed by atoms with Crippen LogP contribution in [0.1, 0.15) is 11.4 Å². The molecule has 0 aliphatic heterocycles. The van der Waals surface area contributed by atoms with E-state index in [0.717, 1.165) is 24.3 Å². The standard InChI is InChI=1S/C13H13F3N4O3S/c1-8-7-9(2)18-12(17-8)19-20-24(21,22)11-5-3-10(4-6-11)23-13(14,15)16/h3-7,20H,1-2H3,(H,17,18,19). The second kappa shape index (κ2) is 6.61. The third-order valence-corrected chi connectivity index (χ3v) is 3.91. The summed E-state index contributed by atoms with van der Waals surface area (Å²) in [6, 6.07) is 5.46. The van der Waals surface area contributed by atoms with Crippen molar-refractivity contribution < 1.29 is 26.3 Å². The zero-order valence-corrected chi connectivity index (χ0v) is 13.4. The molecule has 0 unspecified atom stereocenters. The number of alkyl halides is 3. The van der Waals surface area contributed by atoms with Crippen LogP contribution in [-0.4, -0.2) is 24.7 Å². The minimum atomic E-state index is -4.85. The van der Waals surface area contributed by atoms with Gasteiger partial charge in [0.1, 0.15) is 5.75 Å². The minimum Gasteiger partial charge on any atom is -0.406 e. The first-order valence-corrected chi connectivity index (χ1v) is 7.99. The number of ether oxygens (including phenoxy) is 1. The van der Waals surface area contributed by atoms with E-state index in [4.69, 9.17) is 0 Å². The summed E-state index contributed by atoms with van der Waals surface area (Å²) in [5, 5.41) is 0. The topological polar surface area (TPSA) is 93.2 Å². The number of hydrazine groups is 1. The highest BCUT2D eigenvalue weighted by atomic mass is 32.2. The summed E-state index contributed by atoms with van der Waals surface area (Å²) in [5.74, 6) is -0.472.